The van der Waals surface area contributed by atoms with Gasteiger partial charge in [0, 0.05) is 110 Å². The van der Waals surface area contributed by atoms with Gasteiger partial charge in [-0.3, -0.25) is 0 Å². The average molecular weight is 1150 g/mol. The van der Waals surface area contributed by atoms with Crippen molar-refractivity contribution in [1.29, 1.82) is 0 Å². The SMILES string of the molecule is c1csc(-c2ccc(-c3sc(-c4sc(-c5ccc(-c6cccs6)s5)c(-c5ccc(-c6cccs6)s5)c4-c4ccc(-c5cccs5)s4)c(-c4ccc(-c5cccs5)s4)c3-c3ccc(-c4cccs4)s3)s2)c1. The maximum Gasteiger partial charge on any atom is 0.0549 e. The summed E-state index contributed by atoms with van der Waals surface area (Å²) in [6.07, 6.45) is 0. The molecule has 70 heavy (non-hydrogen) atoms. The lowest BCUT2D eigenvalue weighted by Gasteiger charge is -2.09. The summed E-state index contributed by atoms with van der Waals surface area (Å²) in [6, 6.07) is 55.1. The summed E-state index contributed by atoms with van der Waals surface area (Å²) in [7, 11) is 0. The molecule has 0 aromatic carbocycles. The molecular weight excluding hydrogens is 1120 g/mol. The normalized spacial score (nSPS) is 11.7. The fourth-order valence-electron chi connectivity index (χ4n) is 8.59. The van der Waals surface area contributed by atoms with E-state index in [4.69, 9.17) is 0 Å². The van der Waals surface area contributed by atoms with E-state index in [1.54, 1.807) is 0 Å². The molecule has 0 spiro atoms. The van der Waals surface area contributed by atoms with Crippen LogP contribution >= 0.6 is 159 Å². The lowest BCUT2D eigenvalue weighted by molar-refractivity contribution is 1.79. The lowest BCUT2D eigenvalue weighted by Crippen LogP contribution is -1.82. The number of thiophene rings is 14. The van der Waals surface area contributed by atoms with Crippen molar-refractivity contribution >= 4 is 159 Å². The smallest absolute Gasteiger partial charge is 0.0549 e. The largest absolute Gasteiger partial charge is 0.143 e. The first-order valence-corrected chi connectivity index (χ1v) is 33.7. The van der Waals surface area contributed by atoms with E-state index in [1.807, 2.05) is 159 Å². The zero-order valence-electron chi connectivity index (χ0n) is 36.0. The molecule has 14 aromatic rings. The molecule has 0 unspecified atom stereocenters. The standard InChI is InChI=1S/C56H30S14/c1-7-31(57-25-1)37-13-19-43(63-37)49-51(45-21-15-39(65-45)33-9-3-27-59-33)55(69-53(49)47-23-17-41(67-47)35-11-5-29-61-35)56-52(46-22-16-40(66-46)34-10-4-28-60-34)50(44-20-14-38(64-44)32-8-2-26-58-32)54(70-56)48-24-18-42(68-48)36-12-6-30-62-36/h1-30H. The second-order valence-electron chi connectivity index (χ2n) is 15.9. The summed E-state index contributed by atoms with van der Waals surface area (Å²) in [5, 5.41) is 13.2. The molecule has 0 nitrogen and oxygen atoms in total. The van der Waals surface area contributed by atoms with Crippen molar-refractivity contribution < 1.29 is 0 Å². The maximum atomic E-state index is 2.41. The van der Waals surface area contributed by atoms with Crippen LogP contribution in [0, 0.1) is 0 Å². The van der Waals surface area contributed by atoms with Gasteiger partial charge in [-0.1, -0.05) is 36.4 Å². The highest BCUT2D eigenvalue weighted by atomic mass is 32.2. The van der Waals surface area contributed by atoms with Gasteiger partial charge in [-0.15, -0.1) is 159 Å². The Morgan fingerprint density at radius 3 is 0.586 bits per heavy atom. The topological polar surface area (TPSA) is 0 Å². The summed E-state index contributed by atoms with van der Waals surface area (Å²) < 4.78 is 0. The average Bonchev–Trinajstić information content (AvgIpc) is 4.23. The van der Waals surface area contributed by atoms with Crippen molar-refractivity contribution in [2.24, 2.45) is 0 Å². The van der Waals surface area contributed by atoms with Gasteiger partial charge in [0.25, 0.3) is 0 Å². The van der Waals surface area contributed by atoms with Gasteiger partial charge in [0.1, 0.15) is 0 Å². The van der Waals surface area contributed by atoms with Crippen LogP contribution in [-0.4, -0.2) is 0 Å². The summed E-state index contributed by atoms with van der Waals surface area (Å²) in [6.45, 7) is 0. The molecule has 338 valence electrons. The molecule has 0 N–H and O–H groups in total. The van der Waals surface area contributed by atoms with Gasteiger partial charge in [-0.2, -0.15) is 0 Å². The molecule has 14 rings (SSSR count). The number of hydrogen-bond donors (Lipinski definition) is 0. The van der Waals surface area contributed by atoms with E-state index < -0.39 is 0 Å². The maximum absolute atomic E-state index is 2.41. The second kappa shape index (κ2) is 19.0. The fraction of sp³-hybridized carbons (Fsp3) is 0. The predicted octanol–water partition coefficient (Wildman–Crippen LogP) is 24.2. The Hall–Kier alpha value is -4.20. The van der Waals surface area contributed by atoms with E-state index in [1.165, 1.54) is 130 Å². The highest BCUT2D eigenvalue weighted by Crippen LogP contribution is 2.63. The Kier molecular flexibility index (Phi) is 12.1. The molecule has 14 aromatic heterocycles. The van der Waals surface area contributed by atoms with Crippen LogP contribution < -0.4 is 0 Å². The molecule has 14 heteroatoms. The van der Waals surface area contributed by atoms with Crippen molar-refractivity contribution in [1.82, 2.24) is 0 Å². The van der Waals surface area contributed by atoms with Gasteiger partial charge in [-0.25, -0.2) is 0 Å². The van der Waals surface area contributed by atoms with Gasteiger partial charge >= 0.3 is 0 Å². The molecule has 0 saturated carbocycles. The molecule has 0 saturated heterocycles. The summed E-state index contributed by atoms with van der Waals surface area (Å²) in [5.74, 6) is 0. The molecule has 0 amide bonds. The minimum absolute atomic E-state index is 1.30. The second-order valence-corrected chi connectivity index (χ2v) is 30.1. The minimum Gasteiger partial charge on any atom is -0.143 e. The van der Waals surface area contributed by atoms with Crippen molar-refractivity contribution in [3.05, 3.63) is 178 Å². The number of rotatable bonds is 13. The van der Waals surface area contributed by atoms with Crippen molar-refractivity contribution in [3.63, 3.8) is 0 Å². The van der Waals surface area contributed by atoms with Crippen molar-refractivity contribution in [2.75, 3.05) is 0 Å². The monoisotopic (exact) mass is 1150 g/mol. The van der Waals surface area contributed by atoms with Gasteiger partial charge in [-0.05, 0) is 141 Å². The third kappa shape index (κ3) is 8.14. The lowest BCUT2D eigenvalue weighted by atomic mass is 9.99. The highest BCUT2D eigenvalue weighted by Gasteiger charge is 2.33. The molecule has 0 aliphatic carbocycles. The van der Waals surface area contributed by atoms with Gasteiger partial charge in [0.05, 0.1) is 19.5 Å². The summed E-state index contributed by atoms with van der Waals surface area (Å²) >= 11 is 26.5. The predicted molar refractivity (Wildman–Crippen MR) is 327 cm³/mol. The zero-order valence-corrected chi connectivity index (χ0v) is 47.5. The highest BCUT2D eigenvalue weighted by molar-refractivity contribution is 7.33. The molecule has 14 heterocycles. The molecule has 0 radical (unpaired) electrons. The van der Waals surface area contributed by atoms with Crippen molar-refractivity contribution in [3.8, 4) is 130 Å². The van der Waals surface area contributed by atoms with Crippen LogP contribution in [0.5, 0.6) is 0 Å². The molecule has 0 aliphatic heterocycles. The third-order valence-electron chi connectivity index (χ3n) is 11.7. The van der Waals surface area contributed by atoms with Crippen LogP contribution in [0.3, 0.4) is 0 Å². The van der Waals surface area contributed by atoms with Crippen LogP contribution in [0.2, 0.25) is 0 Å². The van der Waals surface area contributed by atoms with Crippen LogP contribution in [0.25, 0.3) is 130 Å². The molecule has 0 aliphatic rings. The Balaban J connectivity index is 1.09. The number of hydrogen-bond acceptors (Lipinski definition) is 14. The third-order valence-corrected chi connectivity index (χ3v) is 27.6. The van der Waals surface area contributed by atoms with E-state index in [9.17, 15) is 0 Å². The molecule has 0 bridgehead atoms. The fourth-order valence-corrected chi connectivity index (χ4v) is 23.2. The van der Waals surface area contributed by atoms with E-state index in [2.05, 4.69) is 178 Å². The van der Waals surface area contributed by atoms with Crippen LogP contribution in [-0.2, 0) is 0 Å². The Labute approximate surface area is 460 Å². The minimum atomic E-state index is 1.30. The quantitative estimate of drug-likeness (QED) is 0.108. The Morgan fingerprint density at radius 1 is 0.157 bits per heavy atom. The van der Waals surface area contributed by atoms with Gasteiger partial charge in [0.15, 0.2) is 0 Å². The first-order chi connectivity index (χ1) is 34.7. The summed E-state index contributed by atoms with van der Waals surface area (Å²) in [4.78, 5) is 28.9. The van der Waals surface area contributed by atoms with E-state index in [0.717, 1.165) is 0 Å². The van der Waals surface area contributed by atoms with Gasteiger partial charge in [0.2, 0.25) is 0 Å². The zero-order chi connectivity index (χ0) is 46.1. The van der Waals surface area contributed by atoms with Crippen LogP contribution in [0.1, 0.15) is 0 Å². The molecule has 0 fully saturated rings. The van der Waals surface area contributed by atoms with Crippen LogP contribution in [0.4, 0.5) is 0 Å². The molecular formula is C56H30S14. The van der Waals surface area contributed by atoms with E-state index >= 15 is 0 Å². The molecule has 0 atom stereocenters. The first kappa shape index (κ1) is 44.5. The Morgan fingerprint density at radius 2 is 0.357 bits per heavy atom. The van der Waals surface area contributed by atoms with Gasteiger partial charge < -0.3 is 0 Å². The van der Waals surface area contributed by atoms with Crippen molar-refractivity contribution in [2.45, 2.75) is 0 Å². The first-order valence-electron chi connectivity index (χ1n) is 21.9. The Bertz CT molecular complexity index is 3720. The van der Waals surface area contributed by atoms with E-state index in [-0.39, 0.29) is 0 Å². The summed E-state index contributed by atoms with van der Waals surface area (Å²) in [5.41, 5.74) is 5.36. The van der Waals surface area contributed by atoms with E-state index in [0.29, 0.717) is 0 Å². The van der Waals surface area contributed by atoms with Crippen LogP contribution in [0.15, 0.2) is 178 Å².